The molecular formula is C13H20N2O4S2. The van der Waals surface area contributed by atoms with Crippen molar-refractivity contribution in [3.63, 3.8) is 0 Å². The van der Waals surface area contributed by atoms with Gasteiger partial charge in [0.25, 0.3) is 0 Å². The largest absolute Gasteiger partial charge is 0.270 e. The Kier molecular flexibility index (Phi) is 4.32. The van der Waals surface area contributed by atoms with Crippen molar-refractivity contribution in [2.45, 2.75) is 31.6 Å². The second-order valence-corrected chi connectivity index (χ2v) is 9.23. The summed E-state index contributed by atoms with van der Waals surface area (Å²) in [6.07, 6.45) is 1.10. The topological polar surface area (TPSA) is 97.5 Å². The summed E-state index contributed by atoms with van der Waals surface area (Å²) in [5.74, 6) is 0.410. The molecule has 0 aliphatic carbocycles. The Morgan fingerprint density at radius 1 is 1.24 bits per heavy atom. The summed E-state index contributed by atoms with van der Waals surface area (Å²) < 4.78 is 48.8. The molecule has 1 heterocycles. The summed E-state index contributed by atoms with van der Waals surface area (Å²) in [6, 6.07) is 4.34. The van der Waals surface area contributed by atoms with Gasteiger partial charge in [-0.2, -0.15) is 0 Å². The van der Waals surface area contributed by atoms with Crippen molar-refractivity contribution in [2.75, 3.05) is 16.6 Å². The maximum absolute atomic E-state index is 12.4. The molecule has 8 heteroatoms. The van der Waals surface area contributed by atoms with E-state index in [0.717, 1.165) is 0 Å². The molecule has 0 unspecified atom stereocenters. The molecular weight excluding hydrogens is 312 g/mol. The Morgan fingerprint density at radius 3 is 2.48 bits per heavy atom. The number of nitrogens with two attached hydrogens (primary N) is 1. The summed E-state index contributed by atoms with van der Waals surface area (Å²) in [5, 5.41) is 5.09. The second kappa shape index (κ2) is 5.58. The minimum absolute atomic E-state index is 0.0164. The summed E-state index contributed by atoms with van der Waals surface area (Å²) in [5.41, 5.74) is 1.26. The molecule has 0 saturated heterocycles. The SMILES string of the molecule is CC(C)CCS(=O)(=O)N1CCc2cc(S(N)(=O)=O)ccc21. The normalized spacial score (nSPS) is 15.5. The third-order valence-corrected chi connectivity index (χ3v) is 6.23. The van der Waals surface area contributed by atoms with Crippen molar-refractivity contribution in [1.82, 2.24) is 0 Å². The zero-order chi connectivity index (χ0) is 15.8. The smallest absolute Gasteiger partial charge is 0.238 e. The van der Waals surface area contributed by atoms with E-state index in [4.69, 9.17) is 5.14 Å². The minimum Gasteiger partial charge on any atom is -0.270 e. The van der Waals surface area contributed by atoms with Gasteiger partial charge in [-0.1, -0.05) is 13.8 Å². The Balaban J connectivity index is 2.31. The van der Waals surface area contributed by atoms with Crippen LogP contribution < -0.4 is 9.44 Å². The van der Waals surface area contributed by atoms with Crippen LogP contribution in [0.15, 0.2) is 23.1 Å². The number of rotatable bonds is 5. The molecule has 1 aliphatic heterocycles. The summed E-state index contributed by atoms with van der Waals surface area (Å²) >= 11 is 0. The van der Waals surface area contributed by atoms with Crippen molar-refractivity contribution in [3.05, 3.63) is 23.8 Å². The number of hydrogen-bond acceptors (Lipinski definition) is 4. The molecule has 21 heavy (non-hydrogen) atoms. The van der Waals surface area contributed by atoms with Crippen LogP contribution in [-0.2, 0) is 26.5 Å². The highest BCUT2D eigenvalue weighted by Gasteiger charge is 2.30. The molecule has 118 valence electrons. The lowest BCUT2D eigenvalue weighted by Crippen LogP contribution is -2.31. The molecule has 2 N–H and O–H groups in total. The van der Waals surface area contributed by atoms with Gasteiger partial charge in [0.1, 0.15) is 0 Å². The first-order valence-electron chi connectivity index (χ1n) is 6.77. The van der Waals surface area contributed by atoms with Gasteiger partial charge in [-0.3, -0.25) is 4.31 Å². The molecule has 0 atom stereocenters. The minimum atomic E-state index is -3.77. The lowest BCUT2D eigenvalue weighted by atomic mass is 10.2. The average molecular weight is 332 g/mol. The highest BCUT2D eigenvalue weighted by molar-refractivity contribution is 7.92. The number of anilines is 1. The van der Waals surface area contributed by atoms with Gasteiger partial charge in [-0.25, -0.2) is 22.0 Å². The van der Waals surface area contributed by atoms with E-state index in [1.54, 1.807) is 0 Å². The highest BCUT2D eigenvalue weighted by Crippen LogP contribution is 2.32. The van der Waals surface area contributed by atoms with Crippen molar-refractivity contribution in [2.24, 2.45) is 11.1 Å². The first-order chi connectivity index (χ1) is 9.61. The van der Waals surface area contributed by atoms with Crippen LogP contribution in [0.5, 0.6) is 0 Å². The van der Waals surface area contributed by atoms with Crippen LogP contribution in [0.4, 0.5) is 5.69 Å². The van der Waals surface area contributed by atoms with E-state index in [1.165, 1.54) is 22.5 Å². The molecule has 0 aromatic heterocycles. The van der Waals surface area contributed by atoms with Gasteiger partial charge in [0.05, 0.1) is 16.3 Å². The van der Waals surface area contributed by atoms with E-state index in [-0.39, 0.29) is 10.6 Å². The molecule has 0 spiro atoms. The highest BCUT2D eigenvalue weighted by atomic mass is 32.2. The quantitative estimate of drug-likeness (QED) is 0.872. The van der Waals surface area contributed by atoms with E-state index in [2.05, 4.69) is 0 Å². The molecule has 2 rings (SSSR count). The fraction of sp³-hybridized carbons (Fsp3) is 0.538. The standard InChI is InChI=1S/C13H20N2O4S2/c1-10(2)6-8-20(16,17)15-7-5-11-9-12(21(14,18)19)3-4-13(11)15/h3-4,9-10H,5-8H2,1-2H3,(H2,14,18,19). The van der Waals surface area contributed by atoms with Crippen LogP contribution in [0.25, 0.3) is 0 Å². The van der Waals surface area contributed by atoms with E-state index in [1.807, 2.05) is 13.8 Å². The van der Waals surface area contributed by atoms with E-state index in [9.17, 15) is 16.8 Å². The Morgan fingerprint density at radius 2 is 1.90 bits per heavy atom. The summed E-state index contributed by atoms with van der Waals surface area (Å²) in [6.45, 7) is 4.31. The van der Waals surface area contributed by atoms with Crippen molar-refractivity contribution in [1.29, 1.82) is 0 Å². The van der Waals surface area contributed by atoms with E-state index < -0.39 is 20.0 Å². The number of primary sulfonamides is 1. The molecule has 6 nitrogen and oxygen atoms in total. The molecule has 0 bridgehead atoms. The monoisotopic (exact) mass is 332 g/mol. The Hall–Kier alpha value is -1.12. The zero-order valence-corrected chi connectivity index (χ0v) is 13.7. The predicted octanol–water partition coefficient (Wildman–Crippen LogP) is 1.07. The van der Waals surface area contributed by atoms with Gasteiger partial charge in [0.15, 0.2) is 0 Å². The van der Waals surface area contributed by atoms with Gasteiger partial charge in [-0.15, -0.1) is 0 Å². The van der Waals surface area contributed by atoms with Crippen LogP contribution >= 0.6 is 0 Å². The van der Waals surface area contributed by atoms with Gasteiger partial charge < -0.3 is 0 Å². The van der Waals surface area contributed by atoms with Gasteiger partial charge >= 0.3 is 0 Å². The fourth-order valence-electron chi connectivity index (χ4n) is 2.31. The lowest BCUT2D eigenvalue weighted by Gasteiger charge is -2.20. The molecule has 0 amide bonds. The second-order valence-electron chi connectivity index (χ2n) is 5.66. The fourth-order valence-corrected chi connectivity index (χ4v) is 4.71. The van der Waals surface area contributed by atoms with Crippen molar-refractivity contribution in [3.8, 4) is 0 Å². The molecule has 0 radical (unpaired) electrons. The molecule has 1 aromatic carbocycles. The summed E-state index contributed by atoms with van der Waals surface area (Å²) in [4.78, 5) is 0.0164. The third kappa shape index (κ3) is 3.56. The van der Waals surface area contributed by atoms with Gasteiger partial charge in [-0.05, 0) is 42.5 Å². The first kappa shape index (κ1) is 16.3. The Labute approximate surface area is 126 Å². The van der Waals surface area contributed by atoms with E-state index >= 15 is 0 Å². The predicted molar refractivity (Wildman–Crippen MR) is 82.1 cm³/mol. The van der Waals surface area contributed by atoms with Crippen LogP contribution in [0, 0.1) is 5.92 Å². The molecule has 1 aliphatic rings. The molecule has 0 fully saturated rings. The third-order valence-electron chi connectivity index (χ3n) is 3.52. The molecule has 0 saturated carbocycles. The zero-order valence-electron chi connectivity index (χ0n) is 12.1. The summed E-state index contributed by atoms with van der Waals surface area (Å²) in [7, 11) is -7.13. The van der Waals surface area contributed by atoms with Gasteiger partial charge in [0, 0.05) is 6.54 Å². The maximum Gasteiger partial charge on any atom is 0.238 e. The van der Waals surface area contributed by atoms with Crippen LogP contribution in [0.1, 0.15) is 25.8 Å². The van der Waals surface area contributed by atoms with Crippen LogP contribution in [-0.4, -0.2) is 29.1 Å². The number of sulfonamides is 2. The van der Waals surface area contributed by atoms with Crippen molar-refractivity contribution >= 4 is 25.7 Å². The number of fused-ring (bicyclic) bond motifs is 1. The van der Waals surface area contributed by atoms with Gasteiger partial charge in [0.2, 0.25) is 20.0 Å². The van der Waals surface area contributed by atoms with Crippen LogP contribution in [0.3, 0.4) is 0 Å². The average Bonchev–Trinajstić information content (AvgIpc) is 2.79. The maximum atomic E-state index is 12.4. The van der Waals surface area contributed by atoms with Crippen molar-refractivity contribution < 1.29 is 16.8 Å². The first-order valence-corrected chi connectivity index (χ1v) is 9.93. The molecule has 1 aromatic rings. The van der Waals surface area contributed by atoms with Crippen LogP contribution in [0.2, 0.25) is 0 Å². The number of nitrogens with zero attached hydrogens (tertiary/aromatic N) is 1. The van der Waals surface area contributed by atoms with E-state index in [0.29, 0.717) is 36.6 Å². The Bertz CT molecular complexity index is 739. The number of hydrogen-bond donors (Lipinski definition) is 1. The lowest BCUT2D eigenvalue weighted by molar-refractivity contribution is 0.570. The number of benzene rings is 1.